The molecule has 2 fully saturated rings. The number of hydrogen-bond donors (Lipinski definition) is 1. The maximum absolute atomic E-state index is 13.0. The summed E-state index contributed by atoms with van der Waals surface area (Å²) in [5.74, 6) is 0.965. The minimum atomic E-state index is -0.352. The number of amides is 2. The predicted molar refractivity (Wildman–Crippen MR) is 124 cm³/mol. The topological polar surface area (TPSA) is 66.6 Å². The van der Waals surface area contributed by atoms with Crippen molar-refractivity contribution in [2.24, 2.45) is 17.6 Å². The first kappa shape index (κ1) is 20.2. The Labute approximate surface area is 186 Å². The molecular weight excluding hydrogens is 406 g/mol. The molecule has 1 aromatic heterocycles. The van der Waals surface area contributed by atoms with Crippen LogP contribution in [0.25, 0.3) is 10.1 Å². The Morgan fingerprint density at radius 3 is 2.42 bits per heavy atom. The van der Waals surface area contributed by atoms with Crippen molar-refractivity contribution in [3.05, 3.63) is 70.6 Å². The summed E-state index contributed by atoms with van der Waals surface area (Å²) in [6.07, 6.45) is 1.87. The molecule has 2 saturated heterocycles. The Bertz CT molecular complexity index is 1080. The average molecular weight is 434 g/mol. The molecule has 5 nitrogen and oxygen atoms in total. The van der Waals surface area contributed by atoms with E-state index >= 15 is 0 Å². The van der Waals surface area contributed by atoms with Crippen molar-refractivity contribution in [3.63, 3.8) is 0 Å². The first-order valence-electron chi connectivity index (χ1n) is 11.0. The van der Waals surface area contributed by atoms with E-state index in [1.54, 1.807) is 17.4 Å². The molecule has 1 unspecified atom stereocenters. The molecule has 2 aliphatic rings. The molecule has 160 valence electrons. The van der Waals surface area contributed by atoms with Gasteiger partial charge in [-0.2, -0.15) is 0 Å². The molecule has 0 saturated carbocycles. The van der Waals surface area contributed by atoms with Crippen molar-refractivity contribution in [2.45, 2.75) is 12.8 Å². The highest BCUT2D eigenvalue weighted by Gasteiger charge is 2.41. The van der Waals surface area contributed by atoms with Crippen molar-refractivity contribution in [1.82, 2.24) is 9.80 Å². The van der Waals surface area contributed by atoms with Crippen molar-refractivity contribution in [1.29, 1.82) is 0 Å². The van der Waals surface area contributed by atoms with E-state index in [1.807, 2.05) is 36.4 Å². The Morgan fingerprint density at radius 2 is 1.68 bits per heavy atom. The highest BCUT2D eigenvalue weighted by molar-refractivity contribution is 7.20. The number of hydrogen-bond acceptors (Lipinski definition) is 4. The Hall–Kier alpha value is -2.70. The molecule has 0 spiro atoms. The summed E-state index contributed by atoms with van der Waals surface area (Å²) in [5, 5.41) is 1.15. The van der Waals surface area contributed by atoms with E-state index in [0.717, 1.165) is 61.4 Å². The van der Waals surface area contributed by atoms with E-state index in [9.17, 15) is 9.59 Å². The van der Waals surface area contributed by atoms with Gasteiger partial charge in [-0.3, -0.25) is 9.59 Å². The Morgan fingerprint density at radius 1 is 0.968 bits per heavy atom. The number of fused-ring (bicyclic) bond motifs is 2. The Balaban J connectivity index is 1.13. The van der Waals surface area contributed by atoms with Gasteiger partial charge in [0.2, 0.25) is 5.91 Å². The summed E-state index contributed by atoms with van der Waals surface area (Å²) in [6.45, 7) is 4.85. The van der Waals surface area contributed by atoms with E-state index < -0.39 is 0 Å². The van der Waals surface area contributed by atoms with Gasteiger partial charge in [-0.05, 0) is 60.4 Å². The van der Waals surface area contributed by atoms with Gasteiger partial charge in [-0.15, -0.1) is 11.3 Å². The number of benzene rings is 2. The highest BCUT2D eigenvalue weighted by Crippen LogP contribution is 2.34. The summed E-state index contributed by atoms with van der Waals surface area (Å²) in [6, 6.07) is 17.8. The molecule has 2 aromatic carbocycles. The number of aryl methyl sites for hydroxylation is 1. The maximum Gasteiger partial charge on any atom is 0.263 e. The molecular formula is C25H27N3O2S. The zero-order chi connectivity index (χ0) is 21.4. The number of primary amides is 1. The fourth-order valence-electron chi connectivity index (χ4n) is 5.15. The number of likely N-dealkylation sites (tertiary alicyclic amines) is 2. The number of carbonyl (C=O) groups is 2. The molecule has 0 aliphatic carbocycles. The van der Waals surface area contributed by atoms with E-state index in [4.69, 9.17) is 5.73 Å². The van der Waals surface area contributed by atoms with Crippen molar-refractivity contribution >= 4 is 33.2 Å². The maximum atomic E-state index is 13.0. The number of nitrogens with two attached hydrogens (primary N) is 1. The first-order chi connectivity index (χ1) is 15.1. The number of rotatable bonds is 6. The summed E-state index contributed by atoms with van der Waals surface area (Å²) >= 11 is 1.60. The van der Waals surface area contributed by atoms with Crippen LogP contribution in [0, 0.1) is 11.8 Å². The van der Waals surface area contributed by atoms with Crippen LogP contribution in [0.4, 0.5) is 0 Å². The van der Waals surface area contributed by atoms with Crippen LogP contribution >= 0.6 is 11.3 Å². The van der Waals surface area contributed by atoms with Gasteiger partial charge in [0.1, 0.15) is 0 Å². The molecule has 2 aliphatic heterocycles. The van der Waals surface area contributed by atoms with E-state index in [1.165, 1.54) is 4.70 Å². The lowest BCUT2D eigenvalue weighted by atomic mass is 10.0. The molecule has 2 amide bonds. The quantitative estimate of drug-likeness (QED) is 0.645. The van der Waals surface area contributed by atoms with Crippen molar-refractivity contribution < 1.29 is 9.59 Å². The minimum Gasteiger partial charge on any atom is -0.366 e. The average Bonchev–Trinajstić information content (AvgIpc) is 3.46. The minimum absolute atomic E-state index is 0.185. The molecule has 0 bridgehead atoms. The van der Waals surface area contributed by atoms with Crippen LogP contribution in [-0.2, 0) is 6.42 Å². The fourth-order valence-corrected chi connectivity index (χ4v) is 6.18. The third kappa shape index (κ3) is 4.10. The third-order valence-corrected chi connectivity index (χ3v) is 7.79. The molecule has 0 radical (unpaired) electrons. The van der Waals surface area contributed by atoms with Crippen LogP contribution in [0.3, 0.4) is 0 Å². The zero-order valence-electron chi connectivity index (χ0n) is 17.5. The van der Waals surface area contributed by atoms with Crippen molar-refractivity contribution in [3.8, 4) is 0 Å². The lowest BCUT2D eigenvalue weighted by molar-refractivity contribution is 0.0778. The second-order valence-electron chi connectivity index (χ2n) is 8.76. The standard InChI is InChI=1S/C25H27N3O2S/c26-24(29)21-9-3-1-6-17(21)8-5-11-27-13-19-15-28(16-20(19)14-27)25(30)23-12-18-7-2-4-10-22(18)31-23/h1-4,6-7,9-10,12,19-20H,5,8,11,13-16H2,(H2,26,29)/t19-,20?/m0/s1. The van der Waals surface area contributed by atoms with Gasteiger partial charge in [0, 0.05) is 36.4 Å². The van der Waals surface area contributed by atoms with Gasteiger partial charge < -0.3 is 15.5 Å². The molecule has 3 heterocycles. The van der Waals surface area contributed by atoms with E-state index in [2.05, 4.69) is 21.9 Å². The molecule has 5 rings (SSSR count). The van der Waals surface area contributed by atoms with Crippen molar-refractivity contribution in [2.75, 3.05) is 32.7 Å². The van der Waals surface area contributed by atoms with Crippen LogP contribution in [0.15, 0.2) is 54.6 Å². The second kappa shape index (κ2) is 8.44. The van der Waals surface area contributed by atoms with Gasteiger partial charge in [-0.25, -0.2) is 0 Å². The van der Waals surface area contributed by atoms with Gasteiger partial charge in [0.25, 0.3) is 5.91 Å². The summed E-state index contributed by atoms with van der Waals surface area (Å²) in [5.41, 5.74) is 7.16. The highest BCUT2D eigenvalue weighted by atomic mass is 32.1. The lowest BCUT2D eigenvalue weighted by Gasteiger charge is -2.21. The summed E-state index contributed by atoms with van der Waals surface area (Å²) < 4.78 is 1.18. The smallest absolute Gasteiger partial charge is 0.263 e. The number of carbonyl (C=O) groups excluding carboxylic acids is 2. The van der Waals surface area contributed by atoms with Gasteiger partial charge in [0.05, 0.1) is 4.88 Å². The molecule has 2 atom stereocenters. The fraction of sp³-hybridized carbons (Fsp3) is 0.360. The van der Waals surface area contributed by atoms with Crippen LogP contribution in [0.2, 0.25) is 0 Å². The molecule has 6 heteroatoms. The largest absolute Gasteiger partial charge is 0.366 e. The van der Waals surface area contributed by atoms with Crippen LogP contribution in [-0.4, -0.2) is 54.3 Å². The molecule has 2 N–H and O–H groups in total. The van der Waals surface area contributed by atoms with Crippen LogP contribution < -0.4 is 5.73 Å². The third-order valence-electron chi connectivity index (χ3n) is 6.69. The zero-order valence-corrected chi connectivity index (χ0v) is 18.3. The van der Waals surface area contributed by atoms with Gasteiger partial charge >= 0.3 is 0 Å². The number of nitrogens with zero attached hydrogens (tertiary/aromatic N) is 2. The van der Waals surface area contributed by atoms with E-state index in [-0.39, 0.29) is 11.8 Å². The number of thiophene rings is 1. The Kier molecular flexibility index (Phi) is 5.50. The first-order valence-corrected chi connectivity index (χ1v) is 11.8. The predicted octanol–water partition coefficient (Wildman–Crippen LogP) is 3.64. The lowest BCUT2D eigenvalue weighted by Crippen LogP contribution is -2.33. The second-order valence-corrected chi connectivity index (χ2v) is 9.85. The molecule has 31 heavy (non-hydrogen) atoms. The monoisotopic (exact) mass is 433 g/mol. The molecule has 3 aromatic rings. The van der Waals surface area contributed by atoms with Crippen LogP contribution in [0.5, 0.6) is 0 Å². The normalized spacial score (nSPS) is 21.0. The summed E-state index contributed by atoms with van der Waals surface area (Å²) in [4.78, 5) is 30.0. The SMILES string of the molecule is NC(=O)c1ccccc1CCCN1CC2CN(C(=O)c3cc4ccccc4s3)C[C@@H]2C1. The van der Waals surface area contributed by atoms with Crippen LogP contribution in [0.1, 0.15) is 32.0 Å². The summed E-state index contributed by atoms with van der Waals surface area (Å²) in [7, 11) is 0. The van der Waals surface area contributed by atoms with Gasteiger partial charge in [-0.1, -0.05) is 36.4 Å². The van der Waals surface area contributed by atoms with E-state index in [0.29, 0.717) is 17.4 Å². The van der Waals surface area contributed by atoms with Gasteiger partial charge in [0.15, 0.2) is 0 Å².